The summed E-state index contributed by atoms with van der Waals surface area (Å²) < 4.78 is 0. The lowest BCUT2D eigenvalue weighted by Gasteiger charge is -2.15. The Kier molecular flexibility index (Phi) is 4.25. The van der Waals surface area contributed by atoms with Crippen LogP contribution in [0.1, 0.15) is 58.8 Å². The molecule has 0 aliphatic heterocycles. The first-order valence-corrected chi connectivity index (χ1v) is 7.79. The molecule has 2 N–H and O–H groups in total. The van der Waals surface area contributed by atoms with E-state index in [0.717, 1.165) is 11.5 Å². The van der Waals surface area contributed by atoms with E-state index in [2.05, 4.69) is 36.5 Å². The van der Waals surface area contributed by atoms with Crippen molar-refractivity contribution in [3.05, 3.63) is 70.8 Å². The summed E-state index contributed by atoms with van der Waals surface area (Å²) in [6.45, 7) is 2.81. The molecule has 0 amide bonds. The van der Waals surface area contributed by atoms with Gasteiger partial charge in [0.15, 0.2) is 0 Å². The standard InChI is InChI=1S/C19H21NO2/c1-13(16-5-3-6-17(11-16)15-8-9-15)20-12-14-4-2-7-18(10-14)19(21)22/h2-7,10-11,13,15,20H,8-9,12H2,1H3,(H,21,22). The van der Waals surface area contributed by atoms with Gasteiger partial charge in [0.2, 0.25) is 0 Å². The van der Waals surface area contributed by atoms with Crippen molar-refractivity contribution in [3.63, 3.8) is 0 Å². The van der Waals surface area contributed by atoms with Crippen molar-refractivity contribution in [2.45, 2.75) is 38.3 Å². The second-order valence-corrected chi connectivity index (χ2v) is 6.05. The lowest BCUT2D eigenvalue weighted by Crippen LogP contribution is -2.18. The van der Waals surface area contributed by atoms with Crippen LogP contribution in [-0.4, -0.2) is 11.1 Å². The van der Waals surface area contributed by atoms with Crippen molar-refractivity contribution in [2.24, 2.45) is 0 Å². The second-order valence-electron chi connectivity index (χ2n) is 6.05. The van der Waals surface area contributed by atoms with Crippen LogP contribution in [0.2, 0.25) is 0 Å². The lowest BCUT2D eigenvalue weighted by molar-refractivity contribution is 0.0696. The number of hydrogen-bond acceptors (Lipinski definition) is 2. The molecule has 0 aromatic heterocycles. The quantitative estimate of drug-likeness (QED) is 0.843. The zero-order chi connectivity index (χ0) is 15.5. The summed E-state index contributed by atoms with van der Waals surface area (Å²) in [4.78, 5) is 11.0. The molecular formula is C19H21NO2. The van der Waals surface area contributed by atoms with Crippen LogP contribution >= 0.6 is 0 Å². The average molecular weight is 295 g/mol. The maximum Gasteiger partial charge on any atom is 0.335 e. The third kappa shape index (κ3) is 3.55. The molecule has 3 heteroatoms. The van der Waals surface area contributed by atoms with E-state index in [1.807, 2.05) is 6.07 Å². The maximum absolute atomic E-state index is 11.0. The highest BCUT2D eigenvalue weighted by Crippen LogP contribution is 2.40. The third-order valence-corrected chi connectivity index (χ3v) is 4.25. The molecule has 1 fully saturated rings. The van der Waals surface area contributed by atoms with Gasteiger partial charge in [-0.2, -0.15) is 0 Å². The number of rotatable bonds is 6. The van der Waals surface area contributed by atoms with Gasteiger partial charge in [-0.05, 0) is 54.5 Å². The van der Waals surface area contributed by atoms with E-state index in [1.54, 1.807) is 18.2 Å². The summed E-state index contributed by atoms with van der Waals surface area (Å²) in [5, 5.41) is 12.5. The van der Waals surface area contributed by atoms with Gasteiger partial charge in [-0.15, -0.1) is 0 Å². The number of aromatic carboxylic acids is 1. The highest BCUT2D eigenvalue weighted by molar-refractivity contribution is 5.87. The van der Waals surface area contributed by atoms with Gasteiger partial charge in [0.1, 0.15) is 0 Å². The Morgan fingerprint density at radius 3 is 2.73 bits per heavy atom. The normalized spacial score (nSPS) is 15.5. The van der Waals surface area contributed by atoms with Crippen molar-refractivity contribution < 1.29 is 9.90 Å². The van der Waals surface area contributed by atoms with E-state index >= 15 is 0 Å². The van der Waals surface area contributed by atoms with Crippen molar-refractivity contribution >= 4 is 5.97 Å². The van der Waals surface area contributed by atoms with Crippen molar-refractivity contribution in [3.8, 4) is 0 Å². The summed E-state index contributed by atoms with van der Waals surface area (Å²) in [6, 6.07) is 16.1. The molecule has 114 valence electrons. The van der Waals surface area contributed by atoms with Crippen molar-refractivity contribution in [1.29, 1.82) is 0 Å². The molecule has 2 aromatic rings. The molecule has 0 heterocycles. The molecule has 1 aliphatic carbocycles. The number of carbonyl (C=O) groups is 1. The summed E-state index contributed by atoms with van der Waals surface area (Å²) in [5.41, 5.74) is 4.06. The second kappa shape index (κ2) is 6.32. The van der Waals surface area contributed by atoms with Crippen molar-refractivity contribution in [1.82, 2.24) is 5.32 Å². The monoisotopic (exact) mass is 295 g/mol. The molecule has 1 saturated carbocycles. The van der Waals surface area contributed by atoms with E-state index < -0.39 is 5.97 Å². The van der Waals surface area contributed by atoms with Crippen LogP contribution < -0.4 is 5.32 Å². The van der Waals surface area contributed by atoms with Gasteiger partial charge in [0.25, 0.3) is 0 Å². The minimum Gasteiger partial charge on any atom is -0.478 e. The number of carboxylic acid groups (broad SMARTS) is 1. The van der Waals surface area contributed by atoms with E-state index in [4.69, 9.17) is 5.11 Å². The Morgan fingerprint density at radius 1 is 1.23 bits per heavy atom. The first kappa shape index (κ1) is 14.8. The van der Waals surface area contributed by atoms with Gasteiger partial charge in [-0.3, -0.25) is 0 Å². The summed E-state index contributed by atoms with van der Waals surface area (Å²) in [7, 11) is 0. The average Bonchev–Trinajstić information content (AvgIpc) is 3.38. The van der Waals surface area contributed by atoms with Gasteiger partial charge < -0.3 is 10.4 Å². The Bertz CT molecular complexity index is 677. The highest BCUT2D eigenvalue weighted by atomic mass is 16.4. The molecule has 0 bridgehead atoms. The molecule has 1 aliphatic rings. The number of nitrogens with one attached hydrogen (secondary N) is 1. The zero-order valence-electron chi connectivity index (χ0n) is 12.8. The van der Waals surface area contributed by atoms with Crippen LogP contribution in [0.4, 0.5) is 0 Å². The van der Waals surface area contributed by atoms with Crippen LogP contribution in [-0.2, 0) is 6.54 Å². The summed E-state index contributed by atoms with van der Waals surface area (Å²) in [6.07, 6.45) is 2.63. The lowest BCUT2D eigenvalue weighted by atomic mass is 10.0. The molecule has 1 atom stereocenters. The fraction of sp³-hybridized carbons (Fsp3) is 0.316. The van der Waals surface area contributed by atoms with Gasteiger partial charge in [-0.1, -0.05) is 36.4 Å². The largest absolute Gasteiger partial charge is 0.478 e. The minimum absolute atomic E-state index is 0.243. The number of carboxylic acids is 1. The van der Waals surface area contributed by atoms with Crippen molar-refractivity contribution in [2.75, 3.05) is 0 Å². The van der Waals surface area contributed by atoms with Crippen LogP contribution in [0.3, 0.4) is 0 Å². The molecule has 0 saturated heterocycles. The predicted molar refractivity (Wildman–Crippen MR) is 87.1 cm³/mol. The number of hydrogen-bond donors (Lipinski definition) is 2. The first-order chi connectivity index (χ1) is 10.6. The Hall–Kier alpha value is -2.13. The van der Waals surface area contributed by atoms with E-state index in [0.29, 0.717) is 12.1 Å². The van der Waals surface area contributed by atoms with Gasteiger partial charge >= 0.3 is 5.97 Å². The first-order valence-electron chi connectivity index (χ1n) is 7.79. The van der Waals surface area contributed by atoms with E-state index in [1.165, 1.54) is 24.0 Å². The molecule has 1 unspecified atom stereocenters. The van der Waals surface area contributed by atoms with Gasteiger partial charge in [0, 0.05) is 12.6 Å². The van der Waals surface area contributed by atoms with E-state index in [9.17, 15) is 4.79 Å². The zero-order valence-corrected chi connectivity index (χ0v) is 12.8. The smallest absolute Gasteiger partial charge is 0.335 e. The maximum atomic E-state index is 11.0. The topological polar surface area (TPSA) is 49.3 Å². The molecule has 2 aromatic carbocycles. The van der Waals surface area contributed by atoms with Crippen LogP contribution in [0.5, 0.6) is 0 Å². The summed E-state index contributed by atoms with van der Waals surface area (Å²) >= 11 is 0. The van der Waals surface area contributed by atoms with Gasteiger partial charge in [-0.25, -0.2) is 4.79 Å². The molecule has 0 spiro atoms. The van der Waals surface area contributed by atoms with Gasteiger partial charge in [0.05, 0.1) is 5.56 Å². The van der Waals surface area contributed by atoms with Crippen LogP contribution in [0.25, 0.3) is 0 Å². The van der Waals surface area contributed by atoms with E-state index in [-0.39, 0.29) is 6.04 Å². The highest BCUT2D eigenvalue weighted by Gasteiger charge is 2.23. The third-order valence-electron chi connectivity index (χ3n) is 4.25. The fourth-order valence-electron chi connectivity index (χ4n) is 2.70. The van der Waals surface area contributed by atoms with Crippen LogP contribution in [0.15, 0.2) is 48.5 Å². The Morgan fingerprint density at radius 2 is 2.00 bits per heavy atom. The molecular weight excluding hydrogens is 274 g/mol. The Balaban J connectivity index is 1.64. The molecule has 3 rings (SSSR count). The number of benzene rings is 2. The molecule has 3 nitrogen and oxygen atoms in total. The summed E-state index contributed by atoms with van der Waals surface area (Å²) in [5.74, 6) is -0.119. The predicted octanol–water partition coefficient (Wildman–Crippen LogP) is 4.11. The molecule has 0 radical (unpaired) electrons. The minimum atomic E-state index is -0.882. The fourth-order valence-corrected chi connectivity index (χ4v) is 2.70. The SMILES string of the molecule is CC(NCc1cccc(C(=O)O)c1)c1cccc(C2CC2)c1. The van der Waals surface area contributed by atoms with Crippen LogP contribution in [0, 0.1) is 0 Å². The molecule has 22 heavy (non-hydrogen) atoms. The Labute approximate surface area is 131 Å².